The number of anilines is 1. The second kappa shape index (κ2) is 5.36. The number of rotatable bonds is 3. The van der Waals surface area contributed by atoms with Crippen molar-refractivity contribution in [3.05, 3.63) is 24.0 Å². The molecule has 2 atom stereocenters. The first-order valence-corrected chi connectivity index (χ1v) is 5.90. The lowest BCUT2D eigenvalue weighted by Gasteiger charge is -2.29. The number of halogens is 1. The highest BCUT2D eigenvalue weighted by Gasteiger charge is 2.20. The van der Waals surface area contributed by atoms with Gasteiger partial charge in [0, 0.05) is 18.7 Å². The van der Waals surface area contributed by atoms with Crippen molar-refractivity contribution in [1.82, 2.24) is 0 Å². The molecule has 1 aliphatic rings. The van der Waals surface area contributed by atoms with Crippen LogP contribution in [0.4, 0.5) is 10.1 Å². The van der Waals surface area contributed by atoms with Crippen LogP contribution in [0.2, 0.25) is 0 Å². The summed E-state index contributed by atoms with van der Waals surface area (Å²) in [6, 6.07) is 4.91. The molecule has 0 aliphatic carbocycles. The van der Waals surface area contributed by atoms with E-state index in [4.69, 9.17) is 9.47 Å². The molecule has 1 aromatic carbocycles. The van der Waals surface area contributed by atoms with Gasteiger partial charge in [-0.25, -0.2) is 4.39 Å². The van der Waals surface area contributed by atoms with E-state index < -0.39 is 0 Å². The van der Waals surface area contributed by atoms with Crippen LogP contribution in [0.5, 0.6) is 5.75 Å². The fourth-order valence-electron chi connectivity index (χ4n) is 2.13. The van der Waals surface area contributed by atoms with E-state index in [0.29, 0.717) is 11.8 Å². The van der Waals surface area contributed by atoms with Crippen molar-refractivity contribution in [2.75, 3.05) is 19.0 Å². The smallest absolute Gasteiger partial charge is 0.144 e. The van der Waals surface area contributed by atoms with Gasteiger partial charge in [0.25, 0.3) is 0 Å². The monoisotopic (exact) mass is 239 g/mol. The van der Waals surface area contributed by atoms with Crippen molar-refractivity contribution in [3.63, 3.8) is 0 Å². The molecule has 1 fully saturated rings. The van der Waals surface area contributed by atoms with E-state index in [1.807, 2.05) is 0 Å². The Kier molecular flexibility index (Phi) is 3.84. The summed E-state index contributed by atoms with van der Waals surface area (Å²) in [5.74, 6) is 0.261. The molecule has 0 aromatic heterocycles. The SMILES string of the molecule is COc1cc(F)ccc1NC1CCOC(C)C1. The van der Waals surface area contributed by atoms with Crippen LogP contribution in [-0.4, -0.2) is 25.9 Å². The first kappa shape index (κ1) is 12.2. The van der Waals surface area contributed by atoms with E-state index in [2.05, 4.69) is 12.2 Å². The van der Waals surface area contributed by atoms with E-state index in [1.54, 1.807) is 13.2 Å². The van der Waals surface area contributed by atoms with E-state index in [9.17, 15) is 4.39 Å². The van der Waals surface area contributed by atoms with E-state index in [1.165, 1.54) is 12.1 Å². The van der Waals surface area contributed by atoms with E-state index >= 15 is 0 Å². The normalized spacial score (nSPS) is 24.4. The third-order valence-electron chi connectivity index (χ3n) is 3.01. The van der Waals surface area contributed by atoms with Gasteiger partial charge in [0.2, 0.25) is 0 Å². The Morgan fingerprint density at radius 3 is 3.00 bits per heavy atom. The molecule has 2 unspecified atom stereocenters. The Balaban J connectivity index is 2.07. The fraction of sp³-hybridized carbons (Fsp3) is 0.538. The van der Waals surface area contributed by atoms with E-state index in [-0.39, 0.29) is 11.9 Å². The molecule has 0 spiro atoms. The Morgan fingerprint density at radius 2 is 2.29 bits per heavy atom. The summed E-state index contributed by atoms with van der Waals surface area (Å²) < 4.78 is 23.7. The topological polar surface area (TPSA) is 30.5 Å². The summed E-state index contributed by atoms with van der Waals surface area (Å²) in [5, 5.41) is 3.39. The van der Waals surface area contributed by atoms with Gasteiger partial charge in [0.15, 0.2) is 0 Å². The molecule has 1 aliphatic heterocycles. The zero-order valence-electron chi connectivity index (χ0n) is 10.2. The molecule has 1 N–H and O–H groups in total. The summed E-state index contributed by atoms with van der Waals surface area (Å²) in [6.45, 7) is 2.83. The summed E-state index contributed by atoms with van der Waals surface area (Å²) in [5.41, 5.74) is 0.841. The van der Waals surface area contributed by atoms with Crippen LogP contribution >= 0.6 is 0 Å². The Morgan fingerprint density at radius 1 is 1.47 bits per heavy atom. The minimum Gasteiger partial charge on any atom is -0.494 e. The van der Waals surface area contributed by atoms with Gasteiger partial charge in [-0.2, -0.15) is 0 Å². The van der Waals surface area contributed by atoms with Crippen LogP contribution in [0.25, 0.3) is 0 Å². The quantitative estimate of drug-likeness (QED) is 0.879. The Hall–Kier alpha value is -1.29. The molecular weight excluding hydrogens is 221 g/mol. The minimum absolute atomic E-state index is 0.271. The highest BCUT2D eigenvalue weighted by atomic mass is 19.1. The summed E-state index contributed by atoms with van der Waals surface area (Å²) in [4.78, 5) is 0. The van der Waals surface area contributed by atoms with Crippen LogP contribution in [0.3, 0.4) is 0 Å². The van der Waals surface area contributed by atoms with E-state index in [0.717, 1.165) is 25.1 Å². The van der Waals surface area contributed by atoms with Crippen LogP contribution in [-0.2, 0) is 4.74 Å². The number of benzene rings is 1. The molecule has 1 heterocycles. The lowest BCUT2D eigenvalue weighted by molar-refractivity contribution is 0.0232. The zero-order valence-corrected chi connectivity index (χ0v) is 10.2. The average molecular weight is 239 g/mol. The maximum absolute atomic E-state index is 13.0. The number of hydrogen-bond donors (Lipinski definition) is 1. The molecule has 2 rings (SSSR count). The predicted molar refractivity (Wildman–Crippen MR) is 65.0 cm³/mol. The molecule has 0 bridgehead atoms. The van der Waals surface area contributed by atoms with Gasteiger partial charge in [0.05, 0.1) is 18.9 Å². The van der Waals surface area contributed by atoms with Crippen LogP contribution in [0.1, 0.15) is 19.8 Å². The van der Waals surface area contributed by atoms with Gasteiger partial charge in [-0.15, -0.1) is 0 Å². The molecule has 0 amide bonds. The number of nitrogens with one attached hydrogen (secondary N) is 1. The first-order chi connectivity index (χ1) is 8.19. The molecule has 3 nitrogen and oxygen atoms in total. The molecule has 0 saturated carbocycles. The third-order valence-corrected chi connectivity index (χ3v) is 3.01. The summed E-state index contributed by atoms with van der Waals surface area (Å²) in [6.07, 6.45) is 2.19. The van der Waals surface area contributed by atoms with Gasteiger partial charge in [-0.3, -0.25) is 0 Å². The lowest BCUT2D eigenvalue weighted by Crippen LogP contribution is -2.32. The van der Waals surface area contributed by atoms with Gasteiger partial charge < -0.3 is 14.8 Å². The van der Waals surface area contributed by atoms with Gasteiger partial charge >= 0.3 is 0 Å². The maximum Gasteiger partial charge on any atom is 0.144 e. The molecule has 0 radical (unpaired) electrons. The van der Waals surface area contributed by atoms with Crippen molar-refractivity contribution in [3.8, 4) is 5.75 Å². The van der Waals surface area contributed by atoms with Crippen molar-refractivity contribution in [2.45, 2.75) is 31.9 Å². The molecule has 4 heteroatoms. The summed E-state index contributed by atoms with van der Waals surface area (Å²) >= 11 is 0. The van der Waals surface area contributed by atoms with Gasteiger partial charge in [-0.05, 0) is 31.9 Å². The van der Waals surface area contributed by atoms with Gasteiger partial charge in [-0.1, -0.05) is 0 Å². The second-order valence-corrected chi connectivity index (χ2v) is 4.39. The molecule has 1 aromatic rings. The van der Waals surface area contributed by atoms with Crippen molar-refractivity contribution >= 4 is 5.69 Å². The molecule has 94 valence electrons. The largest absolute Gasteiger partial charge is 0.494 e. The second-order valence-electron chi connectivity index (χ2n) is 4.39. The molecule has 17 heavy (non-hydrogen) atoms. The van der Waals surface area contributed by atoms with Crippen molar-refractivity contribution in [2.24, 2.45) is 0 Å². The molecular formula is C13H18FNO2. The minimum atomic E-state index is -0.284. The maximum atomic E-state index is 13.0. The predicted octanol–water partition coefficient (Wildman–Crippen LogP) is 2.81. The standard InChI is InChI=1S/C13H18FNO2/c1-9-7-11(5-6-17-9)15-12-4-3-10(14)8-13(12)16-2/h3-4,8-9,11,15H,5-7H2,1-2H3. The zero-order chi connectivity index (χ0) is 12.3. The number of ether oxygens (including phenoxy) is 2. The average Bonchev–Trinajstić information content (AvgIpc) is 2.31. The third kappa shape index (κ3) is 3.09. The summed E-state index contributed by atoms with van der Waals surface area (Å²) in [7, 11) is 1.55. The molecule has 1 saturated heterocycles. The highest BCUT2D eigenvalue weighted by molar-refractivity contribution is 5.57. The van der Waals surface area contributed by atoms with Gasteiger partial charge in [0.1, 0.15) is 11.6 Å². The first-order valence-electron chi connectivity index (χ1n) is 5.90. The number of methoxy groups -OCH3 is 1. The van der Waals surface area contributed by atoms with Crippen LogP contribution < -0.4 is 10.1 Å². The van der Waals surface area contributed by atoms with Crippen molar-refractivity contribution in [1.29, 1.82) is 0 Å². The van der Waals surface area contributed by atoms with Crippen LogP contribution in [0.15, 0.2) is 18.2 Å². The highest BCUT2D eigenvalue weighted by Crippen LogP contribution is 2.27. The van der Waals surface area contributed by atoms with Crippen molar-refractivity contribution < 1.29 is 13.9 Å². The number of hydrogen-bond acceptors (Lipinski definition) is 3. The fourth-order valence-corrected chi connectivity index (χ4v) is 2.13. The van der Waals surface area contributed by atoms with Crippen LogP contribution in [0, 0.1) is 5.82 Å². The lowest BCUT2D eigenvalue weighted by atomic mass is 10.0. The Bertz CT molecular complexity index is 384. The Labute approximate surface area is 101 Å².